The molecule has 0 amide bonds. The second-order valence-corrected chi connectivity index (χ2v) is 5.42. The molecule has 0 saturated carbocycles. The van der Waals surface area contributed by atoms with E-state index in [0.717, 1.165) is 11.8 Å². The lowest BCUT2D eigenvalue weighted by molar-refractivity contribution is -0.137. The fraction of sp³-hybridized carbons (Fsp3) is 0.286. The minimum Gasteiger partial charge on any atom is -0.481 e. The van der Waals surface area contributed by atoms with Gasteiger partial charge in [-0.1, -0.05) is 6.07 Å². The molecule has 8 nitrogen and oxygen atoms in total. The molecule has 0 atom stereocenters. The van der Waals surface area contributed by atoms with Crippen LogP contribution in [-0.4, -0.2) is 50.7 Å². The number of carboxylic acids is 3. The minimum absolute atomic E-state index is 0.0799. The van der Waals surface area contributed by atoms with Crippen LogP contribution in [0, 0.1) is 0 Å². The van der Waals surface area contributed by atoms with Crippen molar-refractivity contribution in [2.45, 2.75) is 12.8 Å². The lowest BCUT2D eigenvalue weighted by Crippen LogP contribution is -2.13. The molecule has 0 fully saturated rings. The minimum atomic E-state index is -1.14. The molecule has 1 aromatic rings. The van der Waals surface area contributed by atoms with Crippen molar-refractivity contribution in [3.05, 3.63) is 29.3 Å². The summed E-state index contributed by atoms with van der Waals surface area (Å²) in [4.78, 5) is 43.5. The largest absolute Gasteiger partial charge is 0.481 e. The van der Waals surface area contributed by atoms with Gasteiger partial charge in [-0.3, -0.25) is 19.2 Å². The highest BCUT2D eigenvalue weighted by Gasteiger charge is 2.13. The Morgan fingerprint density at radius 2 is 1.48 bits per heavy atom. The number of thioether (sulfide) groups is 1. The van der Waals surface area contributed by atoms with Gasteiger partial charge in [-0.2, -0.15) is 0 Å². The SMILES string of the molecule is O=C(O)CSCC(=O)Oc1ccc(CC(=O)O)c(CC(=O)O)c1. The van der Waals surface area contributed by atoms with E-state index in [1.807, 2.05) is 0 Å². The van der Waals surface area contributed by atoms with Crippen molar-refractivity contribution >= 4 is 35.6 Å². The zero-order chi connectivity index (χ0) is 17.4. The molecule has 1 rings (SSSR count). The van der Waals surface area contributed by atoms with E-state index in [-0.39, 0.29) is 29.2 Å². The summed E-state index contributed by atoms with van der Waals surface area (Å²) >= 11 is 0.869. The van der Waals surface area contributed by atoms with E-state index < -0.39 is 30.3 Å². The number of carboxylic acid groups (broad SMARTS) is 3. The lowest BCUT2D eigenvalue weighted by atomic mass is 10.0. The van der Waals surface area contributed by atoms with Crippen LogP contribution in [0.2, 0.25) is 0 Å². The van der Waals surface area contributed by atoms with Crippen LogP contribution < -0.4 is 4.74 Å². The molecule has 23 heavy (non-hydrogen) atoms. The Morgan fingerprint density at radius 1 is 0.870 bits per heavy atom. The fourth-order valence-electron chi connectivity index (χ4n) is 1.71. The van der Waals surface area contributed by atoms with Gasteiger partial charge in [0.15, 0.2) is 0 Å². The van der Waals surface area contributed by atoms with Gasteiger partial charge >= 0.3 is 23.9 Å². The number of aliphatic carboxylic acids is 3. The molecule has 124 valence electrons. The maximum atomic E-state index is 11.5. The fourth-order valence-corrected chi connectivity index (χ4v) is 2.21. The first-order chi connectivity index (χ1) is 10.8. The molecule has 0 heterocycles. The molecule has 0 saturated heterocycles. The average Bonchev–Trinajstić information content (AvgIpc) is 2.40. The van der Waals surface area contributed by atoms with Crippen LogP contribution in [0.4, 0.5) is 0 Å². The zero-order valence-corrected chi connectivity index (χ0v) is 12.7. The molecular weight excluding hydrogens is 328 g/mol. The summed E-state index contributed by atoms with van der Waals surface area (Å²) in [7, 11) is 0. The van der Waals surface area contributed by atoms with Crippen LogP contribution >= 0.6 is 11.8 Å². The summed E-state index contributed by atoms with van der Waals surface area (Å²) in [5.41, 5.74) is 0.559. The summed E-state index contributed by atoms with van der Waals surface area (Å²) in [6, 6.07) is 4.05. The van der Waals surface area contributed by atoms with Gasteiger partial charge in [0.25, 0.3) is 0 Å². The molecule has 1 aromatic carbocycles. The average molecular weight is 342 g/mol. The Morgan fingerprint density at radius 3 is 2.04 bits per heavy atom. The van der Waals surface area contributed by atoms with Crippen molar-refractivity contribution < 1.29 is 39.2 Å². The second kappa shape index (κ2) is 8.79. The van der Waals surface area contributed by atoms with E-state index in [1.54, 1.807) is 0 Å². The van der Waals surface area contributed by atoms with Gasteiger partial charge < -0.3 is 20.1 Å². The number of carbonyl (C=O) groups excluding carboxylic acids is 1. The van der Waals surface area contributed by atoms with E-state index in [9.17, 15) is 19.2 Å². The molecular formula is C14H14O8S. The second-order valence-electron chi connectivity index (χ2n) is 4.43. The topological polar surface area (TPSA) is 138 Å². The summed E-state index contributed by atoms with van der Waals surface area (Å²) < 4.78 is 4.99. The normalized spacial score (nSPS) is 10.1. The Hall–Kier alpha value is -2.55. The molecule has 0 radical (unpaired) electrons. The number of esters is 1. The molecule has 0 aliphatic rings. The quantitative estimate of drug-likeness (QED) is 0.436. The van der Waals surface area contributed by atoms with Crippen molar-refractivity contribution in [2.24, 2.45) is 0 Å². The highest BCUT2D eigenvalue weighted by molar-refractivity contribution is 8.00. The van der Waals surface area contributed by atoms with Crippen LogP contribution in [0.3, 0.4) is 0 Å². The number of hydrogen-bond acceptors (Lipinski definition) is 6. The van der Waals surface area contributed by atoms with Crippen LogP contribution in [0.1, 0.15) is 11.1 Å². The van der Waals surface area contributed by atoms with E-state index in [0.29, 0.717) is 5.56 Å². The highest BCUT2D eigenvalue weighted by Crippen LogP contribution is 2.20. The van der Waals surface area contributed by atoms with Gasteiger partial charge in [-0.05, 0) is 23.3 Å². The first-order valence-corrected chi connectivity index (χ1v) is 7.49. The third-order valence-corrected chi connectivity index (χ3v) is 3.43. The highest BCUT2D eigenvalue weighted by atomic mass is 32.2. The summed E-state index contributed by atoms with van der Waals surface area (Å²) in [6.45, 7) is 0. The van der Waals surface area contributed by atoms with Crippen LogP contribution in [0.25, 0.3) is 0 Å². The zero-order valence-electron chi connectivity index (χ0n) is 11.9. The van der Waals surface area contributed by atoms with Gasteiger partial charge in [-0.15, -0.1) is 11.8 Å². The van der Waals surface area contributed by atoms with Crippen LogP contribution in [0.15, 0.2) is 18.2 Å². The van der Waals surface area contributed by atoms with E-state index >= 15 is 0 Å². The number of carbonyl (C=O) groups is 4. The molecule has 0 spiro atoms. The number of hydrogen-bond donors (Lipinski definition) is 3. The first-order valence-electron chi connectivity index (χ1n) is 6.33. The number of rotatable bonds is 9. The summed E-state index contributed by atoms with van der Waals surface area (Å²) in [5.74, 6) is -4.30. The summed E-state index contributed by atoms with van der Waals surface area (Å²) in [6.07, 6.45) is -0.743. The Balaban J connectivity index is 2.79. The third kappa shape index (κ3) is 7.32. The van der Waals surface area contributed by atoms with Crippen molar-refractivity contribution in [3.8, 4) is 5.75 Å². The monoisotopic (exact) mass is 342 g/mol. The van der Waals surface area contributed by atoms with Gasteiger partial charge in [0, 0.05) is 0 Å². The Bertz CT molecular complexity index is 625. The smallest absolute Gasteiger partial charge is 0.321 e. The molecule has 0 aromatic heterocycles. The molecule has 0 aliphatic carbocycles. The Labute approximate surface area is 135 Å². The van der Waals surface area contributed by atoms with Crippen molar-refractivity contribution in [2.75, 3.05) is 11.5 Å². The van der Waals surface area contributed by atoms with E-state index in [2.05, 4.69) is 0 Å². The predicted molar refractivity (Wildman–Crippen MR) is 79.7 cm³/mol. The lowest BCUT2D eigenvalue weighted by Gasteiger charge is -2.09. The van der Waals surface area contributed by atoms with Crippen LogP contribution in [-0.2, 0) is 32.0 Å². The molecule has 3 N–H and O–H groups in total. The summed E-state index contributed by atoms with van der Waals surface area (Å²) in [5, 5.41) is 26.1. The molecule has 9 heteroatoms. The first kappa shape index (κ1) is 18.5. The van der Waals surface area contributed by atoms with Gasteiger partial charge in [0.2, 0.25) is 0 Å². The number of ether oxygens (including phenoxy) is 1. The standard InChI is InChI=1S/C14H14O8S/c15-11(16)4-8-1-2-10(3-9(8)5-12(17)18)22-14(21)7-23-6-13(19)20/h1-3H,4-7H2,(H,15,16)(H,17,18)(H,19,20). The molecule has 0 bridgehead atoms. The predicted octanol–water partition coefficient (Wildman–Crippen LogP) is 0.664. The third-order valence-electron chi connectivity index (χ3n) is 2.54. The van der Waals surface area contributed by atoms with E-state index in [4.69, 9.17) is 20.1 Å². The van der Waals surface area contributed by atoms with Crippen molar-refractivity contribution in [1.29, 1.82) is 0 Å². The number of benzene rings is 1. The molecule has 0 unspecified atom stereocenters. The maximum absolute atomic E-state index is 11.5. The van der Waals surface area contributed by atoms with E-state index in [1.165, 1.54) is 18.2 Å². The van der Waals surface area contributed by atoms with Gasteiger partial charge in [-0.25, -0.2) is 0 Å². The van der Waals surface area contributed by atoms with Gasteiger partial charge in [0.05, 0.1) is 24.3 Å². The van der Waals surface area contributed by atoms with Crippen molar-refractivity contribution in [1.82, 2.24) is 0 Å². The molecule has 0 aliphatic heterocycles. The van der Waals surface area contributed by atoms with Gasteiger partial charge in [0.1, 0.15) is 5.75 Å². The van der Waals surface area contributed by atoms with Crippen molar-refractivity contribution in [3.63, 3.8) is 0 Å². The van der Waals surface area contributed by atoms with Crippen LogP contribution in [0.5, 0.6) is 5.75 Å². The Kier molecular flexibility index (Phi) is 7.07. The maximum Gasteiger partial charge on any atom is 0.321 e.